The molecule has 2 rings (SSSR count). The van der Waals surface area contributed by atoms with Gasteiger partial charge in [0.15, 0.2) is 0 Å². The molecule has 0 saturated carbocycles. The predicted octanol–water partition coefficient (Wildman–Crippen LogP) is 0.549. The summed E-state index contributed by atoms with van der Waals surface area (Å²) < 4.78 is 0. The monoisotopic (exact) mass is 247 g/mol. The van der Waals surface area contributed by atoms with Crippen LogP contribution in [0.2, 0.25) is 0 Å². The van der Waals surface area contributed by atoms with Crippen molar-refractivity contribution < 1.29 is 4.79 Å². The van der Waals surface area contributed by atoms with Gasteiger partial charge in [0.1, 0.15) is 0 Å². The number of rotatable bonds is 4. The molecule has 1 aromatic carbocycles. The minimum absolute atomic E-state index is 0.0718. The zero-order valence-corrected chi connectivity index (χ0v) is 11.1. The molecule has 1 saturated heterocycles. The van der Waals surface area contributed by atoms with E-state index in [1.54, 1.807) is 0 Å². The molecule has 1 unspecified atom stereocenters. The minimum Gasteiger partial charge on any atom is -0.336 e. The average molecular weight is 247 g/mol. The fraction of sp³-hybridized carbons (Fsp3) is 0.500. The van der Waals surface area contributed by atoms with Gasteiger partial charge < -0.3 is 15.1 Å². The van der Waals surface area contributed by atoms with E-state index >= 15 is 0 Å². The van der Waals surface area contributed by atoms with E-state index in [1.807, 2.05) is 42.1 Å². The molecular formula is C14H21N3O. The van der Waals surface area contributed by atoms with E-state index in [2.05, 4.69) is 17.4 Å². The standard InChI is InChI=1S/C14H21N3O/c1-16(2)11-13-14(18)17(9-8-15-13)10-12-6-4-3-5-7-12/h3-7,13,15H,8-11H2,1-2H3. The summed E-state index contributed by atoms with van der Waals surface area (Å²) >= 11 is 0. The fourth-order valence-electron chi connectivity index (χ4n) is 2.26. The molecule has 18 heavy (non-hydrogen) atoms. The van der Waals surface area contributed by atoms with E-state index in [0.717, 1.165) is 19.6 Å². The predicted molar refractivity (Wildman–Crippen MR) is 72.2 cm³/mol. The van der Waals surface area contributed by atoms with Crippen molar-refractivity contribution >= 4 is 5.91 Å². The Bertz CT molecular complexity index is 391. The molecule has 1 aromatic rings. The number of likely N-dealkylation sites (N-methyl/N-ethyl adjacent to an activating group) is 1. The SMILES string of the molecule is CN(C)CC1NCCN(Cc2ccccc2)C1=O. The van der Waals surface area contributed by atoms with Gasteiger partial charge in [-0.3, -0.25) is 4.79 Å². The van der Waals surface area contributed by atoms with Crippen LogP contribution in [0.1, 0.15) is 5.56 Å². The summed E-state index contributed by atoms with van der Waals surface area (Å²) in [6, 6.07) is 10.1. The number of nitrogens with one attached hydrogen (secondary N) is 1. The lowest BCUT2D eigenvalue weighted by atomic mass is 10.1. The van der Waals surface area contributed by atoms with Gasteiger partial charge in [-0.25, -0.2) is 0 Å². The van der Waals surface area contributed by atoms with Crippen molar-refractivity contribution in [1.29, 1.82) is 0 Å². The Morgan fingerprint density at radius 3 is 2.72 bits per heavy atom. The van der Waals surface area contributed by atoms with Gasteiger partial charge in [0.05, 0.1) is 6.04 Å². The number of piperazine rings is 1. The van der Waals surface area contributed by atoms with E-state index < -0.39 is 0 Å². The Kier molecular flexibility index (Phi) is 4.33. The lowest BCUT2D eigenvalue weighted by Crippen LogP contribution is -2.57. The molecule has 1 aliphatic heterocycles. The van der Waals surface area contributed by atoms with Gasteiger partial charge in [-0.15, -0.1) is 0 Å². The van der Waals surface area contributed by atoms with Crippen molar-refractivity contribution in [2.75, 3.05) is 33.7 Å². The zero-order valence-electron chi connectivity index (χ0n) is 11.1. The number of carbonyl (C=O) groups excluding carboxylic acids is 1. The van der Waals surface area contributed by atoms with Gasteiger partial charge in [-0.2, -0.15) is 0 Å². The largest absolute Gasteiger partial charge is 0.336 e. The molecule has 1 aliphatic rings. The first-order chi connectivity index (χ1) is 8.66. The van der Waals surface area contributed by atoms with Crippen LogP contribution in [0.25, 0.3) is 0 Å². The third-order valence-corrected chi connectivity index (χ3v) is 3.15. The molecule has 1 fully saturated rings. The van der Waals surface area contributed by atoms with Crippen LogP contribution in [0.4, 0.5) is 0 Å². The van der Waals surface area contributed by atoms with Crippen LogP contribution in [-0.2, 0) is 11.3 Å². The molecule has 1 heterocycles. The van der Waals surface area contributed by atoms with Crippen molar-refractivity contribution in [3.05, 3.63) is 35.9 Å². The van der Waals surface area contributed by atoms with E-state index in [-0.39, 0.29) is 11.9 Å². The molecular weight excluding hydrogens is 226 g/mol. The van der Waals surface area contributed by atoms with E-state index in [4.69, 9.17) is 0 Å². The molecule has 0 radical (unpaired) electrons. The third-order valence-electron chi connectivity index (χ3n) is 3.15. The molecule has 0 aromatic heterocycles. The number of amides is 1. The highest BCUT2D eigenvalue weighted by molar-refractivity contribution is 5.82. The van der Waals surface area contributed by atoms with Gasteiger partial charge in [0.2, 0.25) is 5.91 Å². The molecule has 4 nitrogen and oxygen atoms in total. The first kappa shape index (κ1) is 13.1. The Balaban J connectivity index is 1.98. The van der Waals surface area contributed by atoms with Crippen molar-refractivity contribution in [2.45, 2.75) is 12.6 Å². The highest BCUT2D eigenvalue weighted by atomic mass is 16.2. The summed E-state index contributed by atoms with van der Waals surface area (Å²) in [5.41, 5.74) is 1.19. The summed E-state index contributed by atoms with van der Waals surface area (Å²) in [7, 11) is 3.98. The summed E-state index contributed by atoms with van der Waals surface area (Å²) in [4.78, 5) is 16.3. The quantitative estimate of drug-likeness (QED) is 0.844. The van der Waals surface area contributed by atoms with E-state index in [1.165, 1.54) is 5.56 Å². The molecule has 1 atom stereocenters. The van der Waals surface area contributed by atoms with Crippen LogP contribution in [0.3, 0.4) is 0 Å². The van der Waals surface area contributed by atoms with Crippen LogP contribution >= 0.6 is 0 Å². The minimum atomic E-state index is -0.0718. The molecule has 0 spiro atoms. The first-order valence-electron chi connectivity index (χ1n) is 6.37. The molecule has 98 valence electrons. The van der Waals surface area contributed by atoms with Gasteiger partial charge in [-0.1, -0.05) is 30.3 Å². The maximum Gasteiger partial charge on any atom is 0.241 e. The van der Waals surface area contributed by atoms with Gasteiger partial charge in [-0.05, 0) is 19.7 Å². The Hall–Kier alpha value is -1.39. The van der Waals surface area contributed by atoms with Crippen LogP contribution in [0.5, 0.6) is 0 Å². The van der Waals surface area contributed by atoms with Crippen molar-refractivity contribution in [1.82, 2.24) is 15.1 Å². The molecule has 1 amide bonds. The summed E-state index contributed by atoms with van der Waals surface area (Å²) in [5.74, 6) is 0.207. The van der Waals surface area contributed by atoms with Gasteiger partial charge in [0, 0.05) is 26.2 Å². The normalized spacial score (nSPS) is 20.5. The maximum atomic E-state index is 12.3. The highest BCUT2D eigenvalue weighted by Crippen LogP contribution is 2.09. The van der Waals surface area contributed by atoms with Crippen molar-refractivity contribution in [3.63, 3.8) is 0 Å². The van der Waals surface area contributed by atoms with Crippen molar-refractivity contribution in [3.8, 4) is 0 Å². The first-order valence-corrected chi connectivity index (χ1v) is 6.37. The zero-order chi connectivity index (χ0) is 13.0. The van der Waals surface area contributed by atoms with Crippen LogP contribution < -0.4 is 5.32 Å². The number of nitrogens with zero attached hydrogens (tertiary/aromatic N) is 2. The van der Waals surface area contributed by atoms with Gasteiger partial charge in [0.25, 0.3) is 0 Å². The Morgan fingerprint density at radius 2 is 2.06 bits per heavy atom. The molecule has 0 bridgehead atoms. The highest BCUT2D eigenvalue weighted by Gasteiger charge is 2.28. The molecule has 4 heteroatoms. The van der Waals surface area contributed by atoms with Gasteiger partial charge >= 0.3 is 0 Å². The van der Waals surface area contributed by atoms with Crippen LogP contribution in [-0.4, -0.2) is 55.5 Å². The number of hydrogen-bond acceptors (Lipinski definition) is 3. The summed E-state index contributed by atoms with van der Waals surface area (Å²) in [6.07, 6.45) is 0. The average Bonchev–Trinajstić information content (AvgIpc) is 2.35. The second-order valence-corrected chi connectivity index (χ2v) is 5.01. The topological polar surface area (TPSA) is 35.6 Å². The number of carbonyl (C=O) groups is 1. The third kappa shape index (κ3) is 3.31. The van der Waals surface area contributed by atoms with E-state index in [9.17, 15) is 4.79 Å². The lowest BCUT2D eigenvalue weighted by molar-refractivity contribution is -0.136. The van der Waals surface area contributed by atoms with E-state index in [0.29, 0.717) is 6.54 Å². The maximum absolute atomic E-state index is 12.3. The molecule has 0 aliphatic carbocycles. The Labute approximate surface area is 109 Å². The second-order valence-electron chi connectivity index (χ2n) is 5.01. The number of benzene rings is 1. The molecule has 1 N–H and O–H groups in total. The van der Waals surface area contributed by atoms with Crippen LogP contribution in [0.15, 0.2) is 30.3 Å². The van der Waals surface area contributed by atoms with Crippen molar-refractivity contribution in [2.24, 2.45) is 0 Å². The summed E-state index contributed by atoms with van der Waals surface area (Å²) in [5, 5.41) is 3.28. The fourth-order valence-corrected chi connectivity index (χ4v) is 2.26. The lowest BCUT2D eigenvalue weighted by Gasteiger charge is -2.34. The Morgan fingerprint density at radius 1 is 1.33 bits per heavy atom. The van der Waals surface area contributed by atoms with Crippen LogP contribution in [0, 0.1) is 0 Å². The summed E-state index contributed by atoms with van der Waals surface area (Å²) in [6.45, 7) is 3.13. The smallest absolute Gasteiger partial charge is 0.241 e. The number of hydrogen-bond donors (Lipinski definition) is 1. The second kappa shape index (κ2) is 5.98.